The van der Waals surface area contributed by atoms with E-state index in [1.165, 1.54) is 6.33 Å². The van der Waals surface area contributed by atoms with Gasteiger partial charge in [0, 0.05) is 31.5 Å². The van der Waals surface area contributed by atoms with Crippen LogP contribution in [-0.4, -0.2) is 51.2 Å². The fourth-order valence-corrected chi connectivity index (χ4v) is 2.58. The van der Waals surface area contributed by atoms with Gasteiger partial charge in [-0.3, -0.25) is 9.36 Å². The summed E-state index contributed by atoms with van der Waals surface area (Å²) in [5, 5.41) is 6.06. The Hall–Kier alpha value is -2.48. The predicted octanol–water partition coefficient (Wildman–Crippen LogP) is 0.986. The standard InChI is InChI=1S/C16H22N6O2/c1-11-12(2)22(10-21-11)15-8-14(19-9-20-15)17-5-6-18-16(23)13-4-3-7-24-13/h8-10,13H,3-7H2,1-2H3,(H,18,23)(H,17,19,20)/t13-/m0/s1. The number of hydrogen-bond acceptors (Lipinski definition) is 6. The third kappa shape index (κ3) is 3.70. The molecule has 128 valence electrons. The van der Waals surface area contributed by atoms with E-state index in [0.29, 0.717) is 25.5 Å². The zero-order chi connectivity index (χ0) is 16.9. The third-order valence-electron chi connectivity index (χ3n) is 4.10. The van der Waals surface area contributed by atoms with Gasteiger partial charge in [-0.2, -0.15) is 0 Å². The number of nitrogens with zero attached hydrogens (tertiary/aromatic N) is 4. The van der Waals surface area contributed by atoms with E-state index in [1.54, 1.807) is 6.33 Å². The van der Waals surface area contributed by atoms with E-state index in [1.807, 2.05) is 24.5 Å². The summed E-state index contributed by atoms with van der Waals surface area (Å²) < 4.78 is 7.26. The average molecular weight is 330 g/mol. The predicted molar refractivity (Wildman–Crippen MR) is 89.1 cm³/mol. The summed E-state index contributed by atoms with van der Waals surface area (Å²) in [7, 11) is 0. The van der Waals surface area contributed by atoms with Gasteiger partial charge < -0.3 is 15.4 Å². The van der Waals surface area contributed by atoms with Crippen molar-refractivity contribution >= 4 is 11.7 Å². The van der Waals surface area contributed by atoms with Crippen LogP contribution >= 0.6 is 0 Å². The second kappa shape index (κ2) is 7.39. The number of carbonyl (C=O) groups is 1. The zero-order valence-electron chi connectivity index (χ0n) is 14.0. The van der Waals surface area contributed by atoms with Gasteiger partial charge in [-0.1, -0.05) is 0 Å². The summed E-state index contributed by atoms with van der Waals surface area (Å²) in [5.41, 5.74) is 2.02. The van der Waals surface area contributed by atoms with Crippen LogP contribution in [0.5, 0.6) is 0 Å². The van der Waals surface area contributed by atoms with Crippen molar-refractivity contribution in [1.29, 1.82) is 0 Å². The van der Waals surface area contributed by atoms with Crippen molar-refractivity contribution in [3.05, 3.63) is 30.1 Å². The summed E-state index contributed by atoms with van der Waals surface area (Å²) in [4.78, 5) is 24.6. The monoisotopic (exact) mass is 330 g/mol. The molecule has 3 heterocycles. The minimum atomic E-state index is -0.289. The molecule has 0 bridgehead atoms. The first-order chi connectivity index (χ1) is 11.6. The van der Waals surface area contributed by atoms with E-state index in [0.717, 1.165) is 30.0 Å². The lowest BCUT2D eigenvalue weighted by Crippen LogP contribution is -2.36. The largest absolute Gasteiger partial charge is 0.368 e. The normalized spacial score (nSPS) is 17.0. The van der Waals surface area contributed by atoms with E-state index in [2.05, 4.69) is 25.6 Å². The highest BCUT2D eigenvalue weighted by Crippen LogP contribution is 2.14. The molecule has 0 aromatic carbocycles. The molecule has 0 spiro atoms. The first-order valence-electron chi connectivity index (χ1n) is 8.11. The number of hydrogen-bond donors (Lipinski definition) is 2. The van der Waals surface area contributed by atoms with E-state index >= 15 is 0 Å². The van der Waals surface area contributed by atoms with Gasteiger partial charge in [-0.15, -0.1) is 0 Å². The van der Waals surface area contributed by atoms with E-state index in [9.17, 15) is 4.79 Å². The van der Waals surface area contributed by atoms with Crippen molar-refractivity contribution in [3.8, 4) is 5.82 Å². The molecule has 1 saturated heterocycles. The first-order valence-corrected chi connectivity index (χ1v) is 8.11. The number of amides is 1. The van der Waals surface area contributed by atoms with Gasteiger partial charge in [-0.25, -0.2) is 15.0 Å². The van der Waals surface area contributed by atoms with Gasteiger partial charge in [0.05, 0.1) is 5.69 Å². The molecule has 2 aromatic rings. The molecule has 8 heteroatoms. The molecule has 0 aliphatic carbocycles. The van der Waals surface area contributed by atoms with Gasteiger partial charge in [0.25, 0.3) is 0 Å². The Labute approximate surface area is 140 Å². The molecule has 1 aliphatic rings. The Morgan fingerprint density at radius 1 is 1.33 bits per heavy atom. The molecule has 3 rings (SSSR count). The number of nitrogens with one attached hydrogen (secondary N) is 2. The van der Waals surface area contributed by atoms with Crippen molar-refractivity contribution < 1.29 is 9.53 Å². The first kappa shape index (κ1) is 16.4. The number of ether oxygens (including phenoxy) is 1. The summed E-state index contributed by atoms with van der Waals surface area (Å²) in [6, 6.07) is 1.86. The van der Waals surface area contributed by atoms with Crippen molar-refractivity contribution in [2.24, 2.45) is 0 Å². The maximum absolute atomic E-state index is 11.8. The van der Waals surface area contributed by atoms with Crippen LogP contribution in [-0.2, 0) is 9.53 Å². The Bertz CT molecular complexity index is 708. The quantitative estimate of drug-likeness (QED) is 0.767. The molecular formula is C16H22N6O2. The van der Waals surface area contributed by atoms with Crippen molar-refractivity contribution in [2.75, 3.05) is 25.0 Å². The second-order valence-corrected chi connectivity index (χ2v) is 5.77. The molecule has 1 aliphatic heterocycles. The van der Waals surface area contributed by atoms with Crippen molar-refractivity contribution in [2.45, 2.75) is 32.8 Å². The molecule has 1 fully saturated rings. The summed E-state index contributed by atoms with van der Waals surface area (Å²) in [5.74, 6) is 1.42. The Morgan fingerprint density at radius 3 is 2.92 bits per heavy atom. The lowest BCUT2D eigenvalue weighted by atomic mass is 10.2. The maximum Gasteiger partial charge on any atom is 0.249 e. The molecule has 1 amide bonds. The van der Waals surface area contributed by atoms with Crippen molar-refractivity contribution in [3.63, 3.8) is 0 Å². The molecule has 2 N–H and O–H groups in total. The molecule has 1 atom stereocenters. The van der Waals surface area contributed by atoms with Crippen LogP contribution < -0.4 is 10.6 Å². The lowest BCUT2D eigenvalue weighted by Gasteiger charge is -2.11. The summed E-state index contributed by atoms with van der Waals surface area (Å²) in [6.07, 6.45) is 4.73. The van der Waals surface area contributed by atoms with Crippen LogP contribution in [0.4, 0.5) is 5.82 Å². The maximum atomic E-state index is 11.8. The number of anilines is 1. The molecule has 24 heavy (non-hydrogen) atoms. The Balaban J connectivity index is 1.52. The van der Waals surface area contributed by atoms with Gasteiger partial charge in [0.15, 0.2) is 0 Å². The smallest absolute Gasteiger partial charge is 0.249 e. The Kier molecular flexibility index (Phi) is 5.05. The van der Waals surface area contributed by atoms with Gasteiger partial charge in [-0.05, 0) is 26.7 Å². The Morgan fingerprint density at radius 2 is 2.21 bits per heavy atom. The number of carbonyl (C=O) groups excluding carboxylic acids is 1. The number of aromatic nitrogens is 4. The summed E-state index contributed by atoms with van der Waals surface area (Å²) >= 11 is 0. The molecule has 0 unspecified atom stereocenters. The number of imidazole rings is 1. The average Bonchev–Trinajstić information content (AvgIpc) is 3.23. The minimum absolute atomic E-state index is 0.0396. The van der Waals surface area contributed by atoms with Crippen LogP contribution in [0.1, 0.15) is 24.2 Å². The van der Waals surface area contributed by atoms with Crippen LogP contribution in [0, 0.1) is 13.8 Å². The van der Waals surface area contributed by atoms with E-state index in [-0.39, 0.29) is 12.0 Å². The lowest BCUT2D eigenvalue weighted by molar-refractivity contribution is -0.129. The van der Waals surface area contributed by atoms with Crippen LogP contribution in [0.3, 0.4) is 0 Å². The molecule has 8 nitrogen and oxygen atoms in total. The van der Waals surface area contributed by atoms with Gasteiger partial charge in [0.2, 0.25) is 5.91 Å². The third-order valence-corrected chi connectivity index (χ3v) is 4.10. The highest BCUT2D eigenvalue weighted by Gasteiger charge is 2.22. The SMILES string of the molecule is Cc1ncn(-c2cc(NCCNC(=O)[C@@H]3CCCO3)ncn2)c1C. The van der Waals surface area contributed by atoms with Gasteiger partial charge in [0.1, 0.15) is 30.4 Å². The minimum Gasteiger partial charge on any atom is -0.368 e. The van der Waals surface area contributed by atoms with Gasteiger partial charge >= 0.3 is 0 Å². The number of aryl methyl sites for hydroxylation is 1. The number of rotatable bonds is 6. The fraction of sp³-hybridized carbons (Fsp3) is 0.500. The van der Waals surface area contributed by atoms with Crippen LogP contribution in [0.2, 0.25) is 0 Å². The fourth-order valence-electron chi connectivity index (χ4n) is 2.58. The van der Waals surface area contributed by atoms with Crippen molar-refractivity contribution in [1.82, 2.24) is 24.8 Å². The molecular weight excluding hydrogens is 308 g/mol. The molecule has 0 radical (unpaired) electrons. The van der Waals surface area contributed by atoms with E-state index in [4.69, 9.17) is 4.74 Å². The molecule has 0 saturated carbocycles. The highest BCUT2D eigenvalue weighted by atomic mass is 16.5. The van der Waals surface area contributed by atoms with E-state index < -0.39 is 0 Å². The van der Waals surface area contributed by atoms with Crippen LogP contribution in [0.25, 0.3) is 5.82 Å². The topological polar surface area (TPSA) is 94.0 Å². The molecule has 2 aromatic heterocycles. The zero-order valence-corrected chi connectivity index (χ0v) is 14.0. The summed E-state index contributed by atoms with van der Waals surface area (Å²) in [6.45, 7) is 5.73. The second-order valence-electron chi connectivity index (χ2n) is 5.77. The van der Waals surface area contributed by atoms with Crippen LogP contribution in [0.15, 0.2) is 18.7 Å². The highest BCUT2D eigenvalue weighted by molar-refractivity contribution is 5.80.